The van der Waals surface area contributed by atoms with Crippen LogP contribution in [-0.4, -0.2) is 75.3 Å². The van der Waals surface area contributed by atoms with Gasteiger partial charge in [-0.15, -0.1) is 0 Å². The quantitative estimate of drug-likeness (QED) is 0.183. The van der Waals surface area contributed by atoms with Gasteiger partial charge in [-0.2, -0.15) is 0 Å². The Labute approximate surface area is 168 Å². The summed E-state index contributed by atoms with van der Waals surface area (Å²) < 4.78 is 0. The minimum atomic E-state index is -1.66. The van der Waals surface area contributed by atoms with Crippen LogP contribution >= 0.6 is 0 Å². The van der Waals surface area contributed by atoms with Crippen molar-refractivity contribution in [1.82, 2.24) is 16.0 Å². The van der Waals surface area contributed by atoms with E-state index in [-0.39, 0.29) is 0 Å². The van der Waals surface area contributed by atoms with Gasteiger partial charge < -0.3 is 37.0 Å². The lowest BCUT2D eigenvalue weighted by atomic mass is 9.97. The molecular weight excluding hydrogens is 388 g/mol. The SMILES string of the molecule is CCC(C)C(NC(=O)C(C)NC(=O)C(N)C(C)O)C(=O)NC(CC(=O)O)C(=O)O. The van der Waals surface area contributed by atoms with Crippen molar-refractivity contribution in [3.63, 3.8) is 0 Å². The minimum Gasteiger partial charge on any atom is -0.481 e. The monoisotopic (exact) mass is 418 g/mol. The fraction of sp³-hybridized carbons (Fsp3) is 0.706. The molecule has 0 heterocycles. The second kappa shape index (κ2) is 12.0. The molecule has 0 saturated carbocycles. The minimum absolute atomic E-state index is 0.416. The first-order valence-corrected chi connectivity index (χ1v) is 9.11. The van der Waals surface area contributed by atoms with Gasteiger partial charge in [0, 0.05) is 0 Å². The zero-order valence-electron chi connectivity index (χ0n) is 16.8. The van der Waals surface area contributed by atoms with Crippen molar-refractivity contribution < 1.29 is 39.3 Å². The summed E-state index contributed by atoms with van der Waals surface area (Å²) in [6.07, 6.45) is -1.51. The fourth-order valence-corrected chi connectivity index (χ4v) is 2.21. The fourth-order valence-electron chi connectivity index (χ4n) is 2.21. The second-order valence-corrected chi connectivity index (χ2v) is 6.87. The van der Waals surface area contributed by atoms with Gasteiger partial charge in [0.25, 0.3) is 0 Å². The number of carboxylic acid groups (broad SMARTS) is 2. The lowest BCUT2D eigenvalue weighted by Gasteiger charge is -2.27. The van der Waals surface area contributed by atoms with Crippen LogP contribution in [-0.2, 0) is 24.0 Å². The Morgan fingerprint density at radius 3 is 1.86 bits per heavy atom. The van der Waals surface area contributed by atoms with Crippen LogP contribution in [0.25, 0.3) is 0 Å². The van der Waals surface area contributed by atoms with Crippen molar-refractivity contribution >= 4 is 29.7 Å². The van der Waals surface area contributed by atoms with Crippen molar-refractivity contribution in [1.29, 1.82) is 0 Å². The summed E-state index contributed by atoms with van der Waals surface area (Å²) in [4.78, 5) is 58.7. The Hall–Kier alpha value is -2.73. The van der Waals surface area contributed by atoms with Crippen molar-refractivity contribution in [2.24, 2.45) is 11.7 Å². The molecule has 0 aromatic rings. The molecule has 3 amide bonds. The Balaban J connectivity index is 5.21. The van der Waals surface area contributed by atoms with Crippen LogP contribution in [0.15, 0.2) is 0 Å². The van der Waals surface area contributed by atoms with E-state index in [4.69, 9.17) is 15.9 Å². The third-order valence-electron chi connectivity index (χ3n) is 4.36. The number of hydrogen-bond donors (Lipinski definition) is 7. The first-order chi connectivity index (χ1) is 13.3. The smallest absolute Gasteiger partial charge is 0.326 e. The summed E-state index contributed by atoms with van der Waals surface area (Å²) in [5, 5.41) is 34.0. The number of hydrogen-bond acceptors (Lipinski definition) is 7. The Bertz CT molecular complexity index is 625. The van der Waals surface area contributed by atoms with Gasteiger partial charge in [-0.05, 0) is 19.8 Å². The number of aliphatic carboxylic acids is 2. The third-order valence-corrected chi connectivity index (χ3v) is 4.36. The summed E-state index contributed by atoms with van der Waals surface area (Å²) in [5.74, 6) is -5.71. The lowest BCUT2D eigenvalue weighted by Crippen LogP contribution is -2.58. The standard InChI is InChI=1S/C17H30N4O8/c1-5-7(2)13(16(27)20-10(17(28)29)6-11(23)24)21-14(25)8(3)19-15(26)12(18)9(4)22/h7-10,12-13,22H,5-6,18H2,1-4H3,(H,19,26)(H,20,27)(H,21,25)(H,23,24)(H,28,29). The van der Waals surface area contributed by atoms with Crippen LogP contribution in [0.2, 0.25) is 0 Å². The predicted molar refractivity (Wildman–Crippen MR) is 100 cm³/mol. The van der Waals surface area contributed by atoms with Crippen molar-refractivity contribution in [3.05, 3.63) is 0 Å². The summed E-state index contributed by atoms with van der Waals surface area (Å²) in [6.45, 7) is 6.05. The van der Waals surface area contributed by atoms with E-state index in [0.717, 1.165) is 0 Å². The maximum absolute atomic E-state index is 12.5. The molecule has 29 heavy (non-hydrogen) atoms. The second-order valence-electron chi connectivity index (χ2n) is 6.87. The predicted octanol–water partition coefficient (Wildman–Crippen LogP) is -2.23. The maximum atomic E-state index is 12.5. The zero-order valence-corrected chi connectivity index (χ0v) is 16.8. The highest BCUT2D eigenvalue weighted by atomic mass is 16.4. The van der Waals surface area contributed by atoms with E-state index in [1.54, 1.807) is 13.8 Å². The zero-order chi connectivity index (χ0) is 22.9. The van der Waals surface area contributed by atoms with Crippen LogP contribution < -0.4 is 21.7 Å². The number of carbonyl (C=O) groups excluding carboxylic acids is 3. The first-order valence-electron chi connectivity index (χ1n) is 9.11. The van der Waals surface area contributed by atoms with Crippen molar-refractivity contribution in [2.75, 3.05) is 0 Å². The first kappa shape index (κ1) is 26.3. The van der Waals surface area contributed by atoms with E-state index in [9.17, 15) is 29.1 Å². The number of aliphatic hydroxyl groups excluding tert-OH is 1. The number of amides is 3. The average molecular weight is 418 g/mol. The normalized spacial score (nSPS) is 17.0. The molecule has 0 spiro atoms. The summed E-state index contributed by atoms with van der Waals surface area (Å²) in [5.41, 5.74) is 5.49. The molecule has 0 aromatic heterocycles. The van der Waals surface area contributed by atoms with Crippen molar-refractivity contribution in [3.8, 4) is 0 Å². The number of carboxylic acids is 2. The van der Waals surface area contributed by atoms with Gasteiger partial charge in [0.2, 0.25) is 17.7 Å². The van der Waals surface area contributed by atoms with Crippen LogP contribution in [0, 0.1) is 5.92 Å². The van der Waals surface area contributed by atoms with Crippen LogP contribution in [0.1, 0.15) is 40.5 Å². The van der Waals surface area contributed by atoms with Crippen molar-refractivity contribution in [2.45, 2.75) is 70.8 Å². The molecule has 12 heteroatoms. The largest absolute Gasteiger partial charge is 0.481 e. The Kier molecular flexibility index (Phi) is 10.8. The van der Waals surface area contributed by atoms with Gasteiger partial charge in [-0.3, -0.25) is 19.2 Å². The highest BCUT2D eigenvalue weighted by molar-refractivity contribution is 5.94. The van der Waals surface area contributed by atoms with E-state index in [0.29, 0.717) is 6.42 Å². The van der Waals surface area contributed by atoms with Crippen LogP contribution in [0.4, 0.5) is 0 Å². The Morgan fingerprint density at radius 2 is 1.45 bits per heavy atom. The molecule has 0 saturated heterocycles. The lowest BCUT2D eigenvalue weighted by molar-refractivity contribution is -0.147. The average Bonchev–Trinajstić information content (AvgIpc) is 2.62. The molecule has 0 aliphatic rings. The van der Waals surface area contributed by atoms with Crippen LogP contribution in [0.5, 0.6) is 0 Å². The molecule has 0 aromatic carbocycles. The molecule has 0 radical (unpaired) electrons. The third kappa shape index (κ3) is 8.87. The summed E-state index contributed by atoms with van der Waals surface area (Å²) in [7, 11) is 0. The maximum Gasteiger partial charge on any atom is 0.326 e. The van der Waals surface area contributed by atoms with Gasteiger partial charge >= 0.3 is 11.9 Å². The molecule has 0 fully saturated rings. The number of carbonyl (C=O) groups is 5. The number of aliphatic hydroxyl groups is 1. The van der Waals surface area contributed by atoms with E-state index in [2.05, 4.69) is 16.0 Å². The summed E-state index contributed by atoms with van der Waals surface area (Å²) >= 11 is 0. The molecular formula is C17H30N4O8. The molecule has 6 unspecified atom stereocenters. The Morgan fingerprint density at radius 1 is 0.897 bits per heavy atom. The summed E-state index contributed by atoms with van der Waals surface area (Å²) in [6, 6.07) is -5.16. The van der Waals surface area contributed by atoms with Gasteiger partial charge in [0.15, 0.2) is 0 Å². The molecule has 166 valence electrons. The van der Waals surface area contributed by atoms with E-state index in [1.165, 1.54) is 13.8 Å². The highest BCUT2D eigenvalue weighted by Crippen LogP contribution is 2.09. The molecule has 12 nitrogen and oxygen atoms in total. The molecule has 0 rings (SSSR count). The topological polar surface area (TPSA) is 208 Å². The number of nitrogens with two attached hydrogens (primary N) is 1. The van der Waals surface area contributed by atoms with Gasteiger partial charge in [-0.25, -0.2) is 4.79 Å². The van der Waals surface area contributed by atoms with Gasteiger partial charge in [0.1, 0.15) is 24.2 Å². The molecule has 0 aliphatic heterocycles. The molecule has 6 atom stereocenters. The van der Waals surface area contributed by atoms with Crippen LogP contribution in [0.3, 0.4) is 0 Å². The molecule has 0 aliphatic carbocycles. The van der Waals surface area contributed by atoms with E-state index in [1.807, 2.05) is 0 Å². The molecule has 0 bridgehead atoms. The van der Waals surface area contributed by atoms with Gasteiger partial charge in [-0.1, -0.05) is 20.3 Å². The van der Waals surface area contributed by atoms with Gasteiger partial charge in [0.05, 0.1) is 12.5 Å². The van der Waals surface area contributed by atoms with E-state index < -0.39 is 72.3 Å². The molecule has 8 N–H and O–H groups in total. The highest BCUT2D eigenvalue weighted by Gasteiger charge is 2.32. The number of nitrogens with one attached hydrogen (secondary N) is 3. The number of rotatable bonds is 12. The van der Waals surface area contributed by atoms with E-state index >= 15 is 0 Å².